The fraction of sp³-hybridized carbons (Fsp3) is 0.238. The molecule has 0 aliphatic heterocycles. The van der Waals surface area contributed by atoms with Crippen molar-refractivity contribution in [2.75, 3.05) is 12.4 Å². The molecule has 1 unspecified atom stereocenters. The number of aryl methyl sites for hydroxylation is 1. The number of thiophene rings is 1. The van der Waals surface area contributed by atoms with E-state index in [2.05, 4.69) is 15.3 Å². The van der Waals surface area contributed by atoms with Gasteiger partial charge in [0, 0.05) is 11.6 Å². The second kappa shape index (κ2) is 7.63. The Morgan fingerprint density at radius 1 is 1.31 bits per heavy atom. The van der Waals surface area contributed by atoms with Gasteiger partial charge < -0.3 is 10.1 Å². The minimum absolute atomic E-state index is 0.240. The summed E-state index contributed by atoms with van der Waals surface area (Å²) in [5.74, 6) is 0.272. The van der Waals surface area contributed by atoms with E-state index < -0.39 is 6.04 Å². The van der Waals surface area contributed by atoms with Gasteiger partial charge >= 0.3 is 0 Å². The van der Waals surface area contributed by atoms with Crippen LogP contribution in [0.4, 0.5) is 5.69 Å². The van der Waals surface area contributed by atoms with E-state index in [1.165, 1.54) is 22.2 Å². The fourth-order valence-corrected chi connectivity index (χ4v) is 4.38. The summed E-state index contributed by atoms with van der Waals surface area (Å²) in [4.78, 5) is 35.7. The zero-order chi connectivity index (χ0) is 20.5. The lowest BCUT2D eigenvalue weighted by Gasteiger charge is -2.18. The van der Waals surface area contributed by atoms with Crippen molar-refractivity contribution in [1.29, 1.82) is 0 Å². The first kappa shape index (κ1) is 19.1. The second-order valence-electron chi connectivity index (χ2n) is 6.71. The van der Waals surface area contributed by atoms with Gasteiger partial charge in [-0.15, -0.1) is 11.3 Å². The van der Waals surface area contributed by atoms with Gasteiger partial charge in [0.15, 0.2) is 0 Å². The van der Waals surface area contributed by atoms with Gasteiger partial charge in [-0.05, 0) is 43.2 Å². The third-order valence-electron chi connectivity index (χ3n) is 4.82. The van der Waals surface area contributed by atoms with E-state index in [1.54, 1.807) is 19.4 Å². The molecule has 1 amide bonds. The zero-order valence-corrected chi connectivity index (χ0v) is 17.1. The molecule has 1 aromatic carbocycles. The van der Waals surface area contributed by atoms with Gasteiger partial charge in [-0.2, -0.15) is 0 Å². The Morgan fingerprint density at radius 2 is 2.14 bits per heavy atom. The molecule has 29 heavy (non-hydrogen) atoms. The lowest BCUT2D eigenvalue weighted by atomic mass is 10.1. The van der Waals surface area contributed by atoms with Crippen molar-refractivity contribution in [3.63, 3.8) is 0 Å². The van der Waals surface area contributed by atoms with Crippen LogP contribution < -0.4 is 15.6 Å². The summed E-state index contributed by atoms with van der Waals surface area (Å²) in [7, 11) is 1.55. The number of nitrogens with one attached hydrogen (secondary N) is 1. The molecule has 0 spiro atoms. The molecular weight excluding hydrogens is 388 g/mol. The Hall–Kier alpha value is -3.26. The van der Waals surface area contributed by atoms with Crippen LogP contribution in [0.25, 0.3) is 20.4 Å². The van der Waals surface area contributed by atoms with Crippen molar-refractivity contribution in [2.45, 2.75) is 26.3 Å². The summed E-state index contributed by atoms with van der Waals surface area (Å²) in [6, 6.07) is 8.57. The third kappa shape index (κ3) is 3.36. The van der Waals surface area contributed by atoms with E-state index in [-0.39, 0.29) is 11.5 Å². The number of ether oxygens (including phenoxy) is 1. The van der Waals surface area contributed by atoms with E-state index in [1.807, 2.05) is 38.1 Å². The Labute approximate surface area is 171 Å². The van der Waals surface area contributed by atoms with E-state index in [0.717, 1.165) is 15.8 Å². The van der Waals surface area contributed by atoms with E-state index in [4.69, 9.17) is 4.74 Å². The quantitative estimate of drug-likeness (QED) is 0.541. The first-order chi connectivity index (χ1) is 14.0. The van der Waals surface area contributed by atoms with Crippen molar-refractivity contribution < 1.29 is 9.53 Å². The summed E-state index contributed by atoms with van der Waals surface area (Å²) < 4.78 is 7.23. The summed E-state index contributed by atoms with van der Waals surface area (Å²) >= 11 is 1.30. The monoisotopic (exact) mass is 408 g/mol. The number of benzene rings is 1. The van der Waals surface area contributed by atoms with Crippen LogP contribution in [0.5, 0.6) is 5.75 Å². The molecule has 1 N–H and O–H groups in total. The maximum atomic E-state index is 13.1. The van der Waals surface area contributed by atoms with E-state index >= 15 is 0 Å². The van der Waals surface area contributed by atoms with Crippen LogP contribution in [0.2, 0.25) is 0 Å². The number of hydrogen-bond acceptors (Lipinski definition) is 6. The maximum absolute atomic E-state index is 13.1. The third-order valence-corrected chi connectivity index (χ3v) is 5.91. The van der Waals surface area contributed by atoms with Crippen LogP contribution in [-0.4, -0.2) is 27.6 Å². The lowest BCUT2D eigenvalue weighted by Crippen LogP contribution is -2.33. The minimum Gasteiger partial charge on any atom is -0.495 e. The lowest BCUT2D eigenvalue weighted by molar-refractivity contribution is -0.119. The molecule has 4 rings (SSSR count). The Balaban J connectivity index is 1.74. The number of amides is 1. The highest BCUT2D eigenvalue weighted by atomic mass is 32.1. The van der Waals surface area contributed by atoms with Crippen LogP contribution in [0.15, 0.2) is 47.7 Å². The molecule has 1 atom stereocenters. The van der Waals surface area contributed by atoms with Crippen molar-refractivity contribution in [3.05, 3.63) is 58.8 Å². The van der Waals surface area contributed by atoms with Crippen molar-refractivity contribution in [1.82, 2.24) is 14.5 Å². The van der Waals surface area contributed by atoms with Gasteiger partial charge in [-0.25, -0.2) is 9.97 Å². The molecule has 0 radical (unpaired) electrons. The largest absolute Gasteiger partial charge is 0.495 e. The first-order valence-corrected chi connectivity index (χ1v) is 10.0. The van der Waals surface area contributed by atoms with Crippen molar-refractivity contribution in [3.8, 4) is 5.75 Å². The molecule has 4 aromatic rings. The Bertz CT molecular complexity index is 1280. The van der Waals surface area contributed by atoms with Crippen LogP contribution in [0.3, 0.4) is 0 Å². The van der Waals surface area contributed by atoms with Gasteiger partial charge in [-0.1, -0.05) is 13.0 Å². The van der Waals surface area contributed by atoms with Crippen LogP contribution in [0.1, 0.15) is 24.9 Å². The molecule has 0 aliphatic carbocycles. The van der Waals surface area contributed by atoms with Crippen molar-refractivity contribution in [2.24, 2.45) is 0 Å². The van der Waals surface area contributed by atoms with Crippen LogP contribution >= 0.6 is 11.3 Å². The van der Waals surface area contributed by atoms with Crippen LogP contribution in [-0.2, 0) is 4.79 Å². The van der Waals surface area contributed by atoms with Crippen molar-refractivity contribution >= 4 is 43.4 Å². The highest BCUT2D eigenvalue weighted by Gasteiger charge is 2.23. The molecule has 3 heterocycles. The first-order valence-electron chi connectivity index (χ1n) is 9.23. The maximum Gasteiger partial charge on any atom is 0.272 e. The number of rotatable bonds is 5. The van der Waals surface area contributed by atoms with Gasteiger partial charge in [0.25, 0.3) is 5.56 Å². The number of hydrogen-bond donors (Lipinski definition) is 1. The average Bonchev–Trinajstić information content (AvgIpc) is 3.10. The Kier molecular flexibility index (Phi) is 5.02. The number of aromatic nitrogens is 3. The summed E-state index contributed by atoms with van der Waals surface area (Å²) in [6.07, 6.45) is 3.58. The molecule has 148 valence electrons. The van der Waals surface area contributed by atoms with E-state index in [0.29, 0.717) is 28.1 Å². The number of anilines is 1. The molecule has 0 bridgehead atoms. The number of fused-ring (bicyclic) bond motifs is 3. The van der Waals surface area contributed by atoms with Gasteiger partial charge in [0.1, 0.15) is 21.3 Å². The van der Waals surface area contributed by atoms with Gasteiger partial charge in [0.05, 0.1) is 24.6 Å². The zero-order valence-electron chi connectivity index (χ0n) is 16.3. The minimum atomic E-state index is -0.692. The highest BCUT2D eigenvalue weighted by molar-refractivity contribution is 7.25. The SMILES string of the molecule is CCC(C(=O)Nc1cc(C)ccc1OC)n1cnc2c(sc3ncccc32)c1=O. The molecule has 7 nitrogen and oxygen atoms in total. The predicted octanol–water partition coefficient (Wildman–Crippen LogP) is 3.91. The smallest absolute Gasteiger partial charge is 0.272 e. The van der Waals surface area contributed by atoms with Crippen LogP contribution in [0, 0.1) is 6.92 Å². The molecule has 0 fully saturated rings. The number of pyridine rings is 1. The standard InChI is InChI=1S/C21H20N4O3S/c1-4-15(19(26)24-14-10-12(2)7-8-16(14)28-3)25-11-23-17-13-6-5-9-22-20(13)29-18(17)21(25)27/h5-11,15H,4H2,1-3H3,(H,24,26). The number of carbonyl (C=O) groups is 1. The Morgan fingerprint density at radius 3 is 2.90 bits per heavy atom. The fourth-order valence-electron chi connectivity index (χ4n) is 3.35. The summed E-state index contributed by atoms with van der Waals surface area (Å²) in [6.45, 7) is 3.80. The number of nitrogens with zero attached hydrogens (tertiary/aromatic N) is 3. The molecule has 3 aromatic heterocycles. The molecular formula is C21H20N4O3S. The number of methoxy groups -OCH3 is 1. The molecule has 8 heteroatoms. The number of carbonyl (C=O) groups excluding carboxylic acids is 1. The molecule has 0 saturated heterocycles. The molecule has 0 aliphatic rings. The van der Waals surface area contributed by atoms with Gasteiger partial charge in [-0.3, -0.25) is 14.2 Å². The normalized spacial score (nSPS) is 12.2. The van der Waals surface area contributed by atoms with E-state index in [9.17, 15) is 9.59 Å². The highest BCUT2D eigenvalue weighted by Crippen LogP contribution is 2.29. The topological polar surface area (TPSA) is 86.1 Å². The second-order valence-corrected chi connectivity index (χ2v) is 7.71. The molecule has 0 saturated carbocycles. The average molecular weight is 408 g/mol. The summed E-state index contributed by atoms with van der Waals surface area (Å²) in [5.41, 5.74) is 1.95. The predicted molar refractivity (Wildman–Crippen MR) is 115 cm³/mol. The summed E-state index contributed by atoms with van der Waals surface area (Å²) in [5, 5.41) is 3.74. The van der Waals surface area contributed by atoms with Gasteiger partial charge in [0.2, 0.25) is 5.91 Å².